The van der Waals surface area contributed by atoms with Gasteiger partial charge in [0, 0.05) is 6.54 Å². The Hall–Kier alpha value is -0.0100. The van der Waals surface area contributed by atoms with Crippen LogP contribution in [0.2, 0.25) is 0 Å². The molecule has 2 heteroatoms. The Bertz CT molecular complexity index is 167. The van der Waals surface area contributed by atoms with Gasteiger partial charge in [0.15, 0.2) is 0 Å². The molecule has 1 N–H and O–H groups in total. The Labute approximate surface area is 93.8 Å². The highest BCUT2D eigenvalue weighted by Crippen LogP contribution is 2.26. The van der Waals surface area contributed by atoms with Crippen molar-refractivity contribution >= 4 is 12.4 Å². The highest BCUT2D eigenvalue weighted by Gasteiger charge is 2.13. The zero-order chi connectivity index (χ0) is 8.93. The van der Waals surface area contributed by atoms with Gasteiger partial charge in [-0.1, -0.05) is 25.0 Å². The highest BCUT2D eigenvalue weighted by atomic mass is 35.5. The van der Waals surface area contributed by atoms with Gasteiger partial charge in [-0.25, -0.2) is 0 Å². The molecule has 1 unspecified atom stereocenters. The molecular weight excluding hydrogens is 194 g/mol. The van der Waals surface area contributed by atoms with Gasteiger partial charge >= 0.3 is 0 Å². The summed E-state index contributed by atoms with van der Waals surface area (Å²) in [5.74, 6) is 1.75. The molecule has 1 saturated carbocycles. The average molecular weight is 216 g/mol. The van der Waals surface area contributed by atoms with Crippen LogP contribution in [0.5, 0.6) is 0 Å². The third-order valence-corrected chi connectivity index (χ3v) is 3.39. The van der Waals surface area contributed by atoms with E-state index in [1.54, 1.807) is 0 Å². The standard InChI is InChI=1S/C12H21N.ClH/c1-2-5-11(4-1)7-8-12-6-3-9-13-10-12;/h7-8,11-13H,1-6,9-10H2;1H/b8-7+;. The van der Waals surface area contributed by atoms with Crippen molar-refractivity contribution in [3.8, 4) is 0 Å². The molecular formula is C12H22ClN. The maximum Gasteiger partial charge on any atom is 0.00142 e. The van der Waals surface area contributed by atoms with Crippen LogP contribution in [-0.4, -0.2) is 13.1 Å². The summed E-state index contributed by atoms with van der Waals surface area (Å²) in [6.45, 7) is 2.44. The van der Waals surface area contributed by atoms with Crippen molar-refractivity contribution in [2.75, 3.05) is 13.1 Å². The van der Waals surface area contributed by atoms with Crippen molar-refractivity contribution in [2.45, 2.75) is 38.5 Å². The first kappa shape index (κ1) is 12.1. The minimum atomic E-state index is 0. The molecule has 1 atom stereocenters. The first-order valence-corrected chi connectivity index (χ1v) is 5.84. The third kappa shape index (κ3) is 3.62. The summed E-state index contributed by atoms with van der Waals surface area (Å²) in [5.41, 5.74) is 0. The van der Waals surface area contributed by atoms with Crippen LogP contribution in [0.25, 0.3) is 0 Å². The Morgan fingerprint density at radius 3 is 2.14 bits per heavy atom. The molecule has 14 heavy (non-hydrogen) atoms. The molecule has 82 valence electrons. The van der Waals surface area contributed by atoms with Gasteiger partial charge in [0.25, 0.3) is 0 Å². The van der Waals surface area contributed by atoms with Crippen molar-refractivity contribution in [2.24, 2.45) is 11.8 Å². The van der Waals surface area contributed by atoms with E-state index in [9.17, 15) is 0 Å². The van der Waals surface area contributed by atoms with Crippen molar-refractivity contribution in [3.05, 3.63) is 12.2 Å². The number of piperidine rings is 1. The molecule has 0 radical (unpaired) electrons. The Kier molecular flexibility index (Phi) is 5.57. The van der Waals surface area contributed by atoms with Crippen LogP contribution in [0.1, 0.15) is 38.5 Å². The van der Waals surface area contributed by atoms with E-state index in [1.807, 2.05) is 0 Å². The van der Waals surface area contributed by atoms with E-state index >= 15 is 0 Å². The van der Waals surface area contributed by atoms with Gasteiger partial charge < -0.3 is 5.32 Å². The van der Waals surface area contributed by atoms with Gasteiger partial charge in [0.1, 0.15) is 0 Å². The topological polar surface area (TPSA) is 12.0 Å². The summed E-state index contributed by atoms with van der Waals surface area (Å²) in [5, 5.41) is 3.46. The van der Waals surface area contributed by atoms with Crippen LogP contribution in [0.3, 0.4) is 0 Å². The van der Waals surface area contributed by atoms with E-state index in [-0.39, 0.29) is 12.4 Å². The second-order valence-electron chi connectivity index (χ2n) is 4.54. The van der Waals surface area contributed by atoms with Crippen LogP contribution in [0.15, 0.2) is 12.2 Å². The lowest BCUT2D eigenvalue weighted by Gasteiger charge is -2.19. The molecule has 2 rings (SSSR count). The molecule has 0 aromatic heterocycles. The molecule has 0 amide bonds. The van der Waals surface area contributed by atoms with Crippen LogP contribution in [0.4, 0.5) is 0 Å². The molecule has 1 nitrogen and oxygen atoms in total. The normalized spacial score (nSPS) is 29.3. The Morgan fingerprint density at radius 2 is 1.50 bits per heavy atom. The fourth-order valence-corrected chi connectivity index (χ4v) is 2.51. The van der Waals surface area contributed by atoms with Gasteiger partial charge in [-0.2, -0.15) is 0 Å². The molecule has 1 aliphatic heterocycles. The van der Waals surface area contributed by atoms with E-state index in [0.29, 0.717) is 0 Å². The first-order valence-electron chi connectivity index (χ1n) is 5.84. The number of halogens is 1. The SMILES string of the molecule is C(=C\C1CCCNC1)/C1CCCC1.Cl. The predicted molar refractivity (Wildman–Crippen MR) is 63.9 cm³/mol. The Morgan fingerprint density at radius 1 is 0.857 bits per heavy atom. The van der Waals surface area contributed by atoms with Gasteiger partial charge in [-0.05, 0) is 44.1 Å². The quantitative estimate of drug-likeness (QED) is 0.698. The maximum absolute atomic E-state index is 3.46. The summed E-state index contributed by atoms with van der Waals surface area (Å²) >= 11 is 0. The molecule has 1 aliphatic carbocycles. The molecule has 1 heterocycles. The molecule has 0 bridgehead atoms. The largest absolute Gasteiger partial charge is 0.316 e. The lowest BCUT2D eigenvalue weighted by atomic mass is 9.97. The number of nitrogens with one attached hydrogen (secondary N) is 1. The van der Waals surface area contributed by atoms with Crippen LogP contribution >= 0.6 is 12.4 Å². The fraction of sp³-hybridized carbons (Fsp3) is 0.833. The van der Waals surface area contributed by atoms with Crippen molar-refractivity contribution < 1.29 is 0 Å². The van der Waals surface area contributed by atoms with Crippen LogP contribution in [-0.2, 0) is 0 Å². The predicted octanol–water partition coefficient (Wildman–Crippen LogP) is 3.15. The summed E-state index contributed by atoms with van der Waals surface area (Å²) < 4.78 is 0. The summed E-state index contributed by atoms with van der Waals surface area (Å²) in [7, 11) is 0. The van der Waals surface area contributed by atoms with Crippen molar-refractivity contribution in [3.63, 3.8) is 0 Å². The zero-order valence-electron chi connectivity index (χ0n) is 8.87. The van der Waals surface area contributed by atoms with Crippen LogP contribution < -0.4 is 5.32 Å². The van der Waals surface area contributed by atoms with E-state index in [2.05, 4.69) is 17.5 Å². The molecule has 1 saturated heterocycles. The summed E-state index contributed by atoms with van der Waals surface area (Å²) in [4.78, 5) is 0. The maximum atomic E-state index is 3.46. The summed E-state index contributed by atoms with van der Waals surface area (Å²) in [6.07, 6.45) is 13.5. The minimum Gasteiger partial charge on any atom is -0.316 e. The number of rotatable bonds is 2. The number of hydrogen-bond donors (Lipinski definition) is 1. The highest BCUT2D eigenvalue weighted by molar-refractivity contribution is 5.85. The third-order valence-electron chi connectivity index (χ3n) is 3.39. The lowest BCUT2D eigenvalue weighted by molar-refractivity contribution is 0.436. The number of hydrogen-bond acceptors (Lipinski definition) is 1. The zero-order valence-corrected chi connectivity index (χ0v) is 9.69. The second-order valence-corrected chi connectivity index (χ2v) is 4.54. The molecule has 0 spiro atoms. The van der Waals surface area contributed by atoms with Crippen LogP contribution in [0, 0.1) is 11.8 Å². The van der Waals surface area contributed by atoms with Gasteiger partial charge in [-0.3, -0.25) is 0 Å². The van der Waals surface area contributed by atoms with E-state index in [4.69, 9.17) is 0 Å². The fourth-order valence-electron chi connectivity index (χ4n) is 2.51. The monoisotopic (exact) mass is 215 g/mol. The van der Waals surface area contributed by atoms with E-state index < -0.39 is 0 Å². The minimum absolute atomic E-state index is 0. The van der Waals surface area contributed by atoms with E-state index in [0.717, 1.165) is 11.8 Å². The first-order chi connectivity index (χ1) is 6.45. The molecule has 0 aromatic rings. The Balaban J connectivity index is 0.000000980. The van der Waals surface area contributed by atoms with Gasteiger partial charge in [-0.15, -0.1) is 12.4 Å². The molecule has 2 fully saturated rings. The van der Waals surface area contributed by atoms with Crippen molar-refractivity contribution in [1.29, 1.82) is 0 Å². The average Bonchev–Trinajstić information content (AvgIpc) is 2.69. The smallest absolute Gasteiger partial charge is 0.00142 e. The lowest BCUT2D eigenvalue weighted by Crippen LogP contribution is -2.28. The van der Waals surface area contributed by atoms with Crippen molar-refractivity contribution in [1.82, 2.24) is 5.32 Å². The van der Waals surface area contributed by atoms with E-state index in [1.165, 1.54) is 51.6 Å². The number of allylic oxidation sites excluding steroid dienone is 1. The van der Waals surface area contributed by atoms with Gasteiger partial charge in [0.2, 0.25) is 0 Å². The molecule has 2 aliphatic rings. The second kappa shape index (κ2) is 6.47. The van der Waals surface area contributed by atoms with Gasteiger partial charge in [0.05, 0.1) is 0 Å². The summed E-state index contributed by atoms with van der Waals surface area (Å²) in [6, 6.07) is 0. The molecule has 0 aromatic carbocycles.